The second-order valence-corrected chi connectivity index (χ2v) is 6.39. The Hall–Kier alpha value is -1.33. The van der Waals surface area contributed by atoms with Crippen LogP contribution >= 0.6 is 11.3 Å². The van der Waals surface area contributed by atoms with Crippen LogP contribution in [0.4, 0.5) is 8.78 Å². The second kappa shape index (κ2) is 5.97. The van der Waals surface area contributed by atoms with Gasteiger partial charge in [0.05, 0.1) is 11.7 Å². The summed E-state index contributed by atoms with van der Waals surface area (Å²) in [6, 6.07) is 3.48. The first-order valence-electron chi connectivity index (χ1n) is 6.52. The molecule has 0 amide bonds. The quantitative estimate of drug-likeness (QED) is 0.918. The smallest absolute Gasteiger partial charge is 0.126 e. The number of halogens is 2. The highest BCUT2D eigenvalue weighted by molar-refractivity contribution is 7.11. The minimum atomic E-state index is -0.569. The van der Waals surface area contributed by atoms with E-state index in [0.717, 1.165) is 21.6 Å². The highest BCUT2D eigenvalue weighted by atomic mass is 32.1. The second-order valence-electron chi connectivity index (χ2n) is 5.15. The summed E-state index contributed by atoms with van der Waals surface area (Å²) < 4.78 is 26.9. The molecule has 0 aliphatic heterocycles. The van der Waals surface area contributed by atoms with E-state index in [4.69, 9.17) is 0 Å². The lowest BCUT2D eigenvalue weighted by atomic mass is 10.1. The number of hydrogen-bond donors (Lipinski definition) is 1. The molecule has 0 aliphatic rings. The first-order chi connectivity index (χ1) is 9.36. The third kappa shape index (κ3) is 3.41. The molecule has 0 spiro atoms. The van der Waals surface area contributed by atoms with E-state index in [1.54, 1.807) is 11.3 Å². The summed E-state index contributed by atoms with van der Waals surface area (Å²) in [5.74, 6) is -1.14. The lowest BCUT2D eigenvalue weighted by Crippen LogP contribution is -2.29. The molecule has 0 aliphatic carbocycles. The molecule has 0 radical (unpaired) electrons. The van der Waals surface area contributed by atoms with Gasteiger partial charge < -0.3 is 5.32 Å². The van der Waals surface area contributed by atoms with Crippen molar-refractivity contribution in [1.82, 2.24) is 10.3 Å². The molecule has 0 fully saturated rings. The molecule has 5 heteroatoms. The number of hydrogen-bond acceptors (Lipinski definition) is 3. The summed E-state index contributed by atoms with van der Waals surface area (Å²) in [6.07, 6.45) is 0. The molecule has 1 aromatic carbocycles. The van der Waals surface area contributed by atoms with E-state index >= 15 is 0 Å². The van der Waals surface area contributed by atoms with Gasteiger partial charge in [0.15, 0.2) is 0 Å². The van der Waals surface area contributed by atoms with E-state index in [1.165, 1.54) is 12.1 Å². The van der Waals surface area contributed by atoms with Crippen LogP contribution in [0.25, 0.3) is 0 Å². The van der Waals surface area contributed by atoms with Gasteiger partial charge in [0.2, 0.25) is 0 Å². The van der Waals surface area contributed by atoms with E-state index in [0.29, 0.717) is 5.56 Å². The lowest BCUT2D eigenvalue weighted by Gasteiger charge is -2.20. The zero-order valence-electron chi connectivity index (χ0n) is 12.0. The van der Waals surface area contributed by atoms with Crippen molar-refractivity contribution in [2.24, 2.45) is 0 Å². The van der Waals surface area contributed by atoms with Gasteiger partial charge in [0.25, 0.3) is 0 Å². The third-order valence-electron chi connectivity index (χ3n) is 3.01. The summed E-state index contributed by atoms with van der Waals surface area (Å²) in [4.78, 5) is 5.63. The minimum absolute atomic E-state index is 0.177. The fourth-order valence-electron chi connectivity index (χ4n) is 2.01. The molecule has 2 nitrogen and oxygen atoms in total. The van der Waals surface area contributed by atoms with Crippen LogP contribution in [0.3, 0.4) is 0 Å². The number of nitrogens with zero attached hydrogens (tertiary/aromatic N) is 1. The summed E-state index contributed by atoms with van der Waals surface area (Å²) in [5.41, 5.74) is 1.52. The van der Waals surface area contributed by atoms with Crippen molar-refractivity contribution in [3.8, 4) is 0 Å². The molecule has 0 saturated heterocycles. The van der Waals surface area contributed by atoms with Gasteiger partial charge in [-0.05, 0) is 45.4 Å². The van der Waals surface area contributed by atoms with Crippen molar-refractivity contribution in [3.63, 3.8) is 0 Å². The fraction of sp³-hybridized carbons (Fsp3) is 0.400. The maximum absolute atomic E-state index is 13.4. The van der Waals surface area contributed by atoms with Gasteiger partial charge in [-0.15, -0.1) is 11.3 Å². The van der Waals surface area contributed by atoms with Crippen LogP contribution in [0.15, 0.2) is 18.2 Å². The highest BCUT2D eigenvalue weighted by Gasteiger charge is 2.20. The van der Waals surface area contributed by atoms with E-state index < -0.39 is 11.6 Å². The molecule has 108 valence electrons. The molecule has 1 N–H and O–H groups in total. The van der Waals surface area contributed by atoms with Crippen molar-refractivity contribution in [1.29, 1.82) is 0 Å². The number of aromatic nitrogens is 1. The molecule has 0 bridgehead atoms. The SMILES string of the molecule is Cc1nc(C(NC(C)C)c2cc(F)cc(F)c2)sc1C. The van der Waals surface area contributed by atoms with Crippen molar-refractivity contribution in [2.75, 3.05) is 0 Å². The number of thiazole rings is 1. The zero-order chi connectivity index (χ0) is 14.9. The van der Waals surface area contributed by atoms with Crippen LogP contribution in [0.2, 0.25) is 0 Å². The van der Waals surface area contributed by atoms with Gasteiger partial charge in [-0.2, -0.15) is 0 Å². The Morgan fingerprint density at radius 3 is 2.15 bits per heavy atom. The Morgan fingerprint density at radius 2 is 1.70 bits per heavy atom. The molecule has 1 atom stereocenters. The Morgan fingerprint density at radius 1 is 1.10 bits per heavy atom. The number of nitrogens with one attached hydrogen (secondary N) is 1. The number of benzene rings is 1. The molecular weight excluding hydrogens is 278 g/mol. The van der Waals surface area contributed by atoms with Gasteiger partial charge in [0, 0.05) is 17.0 Å². The predicted octanol–water partition coefficient (Wildman–Crippen LogP) is 4.13. The fourth-order valence-corrected chi connectivity index (χ4v) is 3.02. The van der Waals surface area contributed by atoms with Gasteiger partial charge >= 0.3 is 0 Å². The standard InChI is InChI=1S/C15H18F2N2S/c1-8(2)18-14(15-19-9(3)10(4)20-15)11-5-12(16)7-13(17)6-11/h5-8,14,18H,1-4H3. The lowest BCUT2D eigenvalue weighted by molar-refractivity contribution is 0.515. The highest BCUT2D eigenvalue weighted by Crippen LogP contribution is 2.29. The minimum Gasteiger partial charge on any atom is -0.302 e. The first kappa shape index (κ1) is 15.1. The Bertz CT molecular complexity index is 568. The van der Waals surface area contributed by atoms with Crippen LogP contribution in [-0.4, -0.2) is 11.0 Å². The van der Waals surface area contributed by atoms with E-state index in [1.807, 2.05) is 27.7 Å². The first-order valence-corrected chi connectivity index (χ1v) is 7.34. The van der Waals surface area contributed by atoms with Crippen molar-refractivity contribution in [3.05, 3.63) is 51.0 Å². The van der Waals surface area contributed by atoms with Crippen molar-refractivity contribution in [2.45, 2.75) is 39.8 Å². The van der Waals surface area contributed by atoms with Crippen LogP contribution in [0, 0.1) is 25.5 Å². The Labute approximate surface area is 121 Å². The van der Waals surface area contributed by atoms with Crippen LogP contribution in [-0.2, 0) is 0 Å². The predicted molar refractivity (Wildman–Crippen MR) is 78.1 cm³/mol. The van der Waals surface area contributed by atoms with Gasteiger partial charge in [-0.1, -0.05) is 0 Å². The van der Waals surface area contributed by atoms with E-state index in [2.05, 4.69) is 10.3 Å². The van der Waals surface area contributed by atoms with Crippen molar-refractivity contribution < 1.29 is 8.78 Å². The number of aryl methyl sites for hydroxylation is 2. The largest absolute Gasteiger partial charge is 0.302 e. The van der Waals surface area contributed by atoms with Gasteiger partial charge in [0.1, 0.15) is 16.6 Å². The van der Waals surface area contributed by atoms with Gasteiger partial charge in [-0.3, -0.25) is 0 Å². The normalized spacial score (nSPS) is 12.9. The maximum Gasteiger partial charge on any atom is 0.126 e. The zero-order valence-corrected chi connectivity index (χ0v) is 12.8. The Kier molecular flexibility index (Phi) is 4.50. The average molecular weight is 296 g/mol. The van der Waals surface area contributed by atoms with E-state index in [9.17, 15) is 8.78 Å². The third-order valence-corrected chi connectivity index (χ3v) is 4.15. The van der Waals surface area contributed by atoms with Crippen LogP contribution in [0.5, 0.6) is 0 Å². The molecular formula is C15H18F2N2S. The van der Waals surface area contributed by atoms with Crippen LogP contribution < -0.4 is 5.32 Å². The molecule has 0 saturated carbocycles. The molecule has 1 heterocycles. The summed E-state index contributed by atoms with van der Waals surface area (Å²) >= 11 is 1.55. The topological polar surface area (TPSA) is 24.9 Å². The van der Waals surface area contributed by atoms with Crippen LogP contribution in [0.1, 0.15) is 41.0 Å². The summed E-state index contributed by atoms with van der Waals surface area (Å²) in [6.45, 7) is 7.93. The molecule has 20 heavy (non-hydrogen) atoms. The van der Waals surface area contributed by atoms with Crippen molar-refractivity contribution >= 4 is 11.3 Å². The maximum atomic E-state index is 13.4. The Balaban J connectivity index is 2.46. The number of rotatable bonds is 4. The molecule has 2 rings (SSSR count). The van der Waals surface area contributed by atoms with Gasteiger partial charge in [-0.25, -0.2) is 13.8 Å². The van der Waals surface area contributed by atoms with E-state index in [-0.39, 0.29) is 12.1 Å². The summed E-state index contributed by atoms with van der Waals surface area (Å²) in [5, 5.41) is 4.15. The monoisotopic (exact) mass is 296 g/mol. The average Bonchev–Trinajstić information content (AvgIpc) is 2.65. The molecule has 1 unspecified atom stereocenters. The molecule has 1 aromatic heterocycles. The summed E-state index contributed by atoms with van der Waals surface area (Å²) in [7, 11) is 0. The molecule has 2 aromatic rings.